The molecule has 0 unspecified atom stereocenters. The maximum atomic E-state index is 12.7. The molecule has 0 fully saturated rings. The lowest BCUT2D eigenvalue weighted by Crippen LogP contribution is -2.20. The van der Waals surface area contributed by atoms with E-state index in [0.29, 0.717) is 6.54 Å². The van der Waals surface area contributed by atoms with Gasteiger partial charge in [-0.3, -0.25) is 0 Å². The Morgan fingerprint density at radius 3 is 2.65 bits per heavy atom. The number of furan rings is 1. The maximum absolute atomic E-state index is 12.7. The molecule has 0 spiro atoms. The molecule has 0 atom stereocenters. The molecule has 0 radical (unpaired) electrons. The van der Waals surface area contributed by atoms with E-state index < -0.39 is 11.9 Å². The van der Waals surface area contributed by atoms with E-state index in [4.69, 9.17) is 9.68 Å². The van der Waals surface area contributed by atoms with E-state index in [1.807, 2.05) is 6.07 Å². The lowest BCUT2D eigenvalue weighted by Gasteiger charge is -2.19. The van der Waals surface area contributed by atoms with Crippen LogP contribution in [0.1, 0.15) is 16.8 Å². The number of alkyl halides is 3. The van der Waals surface area contributed by atoms with Crippen LogP contribution in [-0.2, 0) is 12.7 Å². The molecule has 2 heterocycles. The van der Waals surface area contributed by atoms with Crippen LogP contribution in [0.3, 0.4) is 0 Å². The second kappa shape index (κ2) is 5.25. The number of halogens is 3. The van der Waals surface area contributed by atoms with E-state index in [0.717, 1.165) is 17.7 Å². The molecule has 104 valence electrons. The zero-order chi connectivity index (χ0) is 14.8. The highest BCUT2D eigenvalue weighted by Crippen LogP contribution is 2.30. The fourth-order valence-electron chi connectivity index (χ4n) is 1.72. The van der Waals surface area contributed by atoms with Gasteiger partial charge in [0.25, 0.3) is 0 Å². The summed E-state index contributed by atoms with van der Waals surface area (Å²) in [6.07, 6.45) is -1.59. The minimum atomic E-state index is -4.54. The van der Waals surface area contributed by atoms with Gasteiger partial charge in [-0.15, -0.1) is 0 Å². The molecule has 4 nitrogen and oxygen atoms in total. The van der Waals surface area contributed by atoms with E-state index in [9.17, 15) is 13.2 Å². The maximum Gasteiger partial charge on any atom is 0.433 e. The standard InChI is InChI=1S/C13H10F3N3O/c1-19(7-9-4-5-20-8-9)12-10(6-17)2-3-11(18-12)13(14,15)16/h2-5,8H,7H2,1H3. The summed E-state index contributed by atoms with van der Waals surface area (Å²) in [6.45, 7) is 0.291. The average Bonchev–Trinajstić information content (AvgIpc) is 2.89. The Labute approximate surface area is 113 Å². The molecule has 0 N–H and O–H groups in total. The summed E-state index contributed by atoms with van der Waals surface area (Å²) in [6, 6.07) is 5.45. The quantitative estimate of drug-likeness (QED) is 0.867. The van der Waals surface area contributed by atoms with Crippen LogP contribution in [0.4, 0.5) is 19.0 Å². The first-order valence-electron chi connectivity index (χ1n) is 5.62. The van der Waals surface area contributed by atoms with Crippen LogP contribution in [0, 0.1) is 11.3 Å². The van der Waals surface area contributed by atoms with Crippen molar-refractivity contribution < 1.29 is 17.6 Å². The van der Waals surface area contributed by atoms with Crippen molar-refractivity contribution in [1.82, 2.24) is 4.98 Å². The topological polar surface area (TPSA) is 53.1 Å². The summed E-state index contributed by atoms with van der Waals surface area (Å²) in [5.74, 6) is -0.0106. The second-order valence-corrected chi connectivity index (χ2v) is 4.16. The number of nitrogens with zero attached hydrogens (tertiary/aromatic N) is 3. The summed E-state index contributed by atoms with van der Waals surface area (Å²) >= 11 is 0. The van der Waals surface area contributed by atoms with Crippen LogP contribution in [0.15, 0.2) is 35.1 Å². The molecule has 2 aromatic rings. The number of rotatable bonds is 3. The van der Waals surface area contributed by atoms with Gasteiger partial charge in [0.15, 0.2) is 0 Å². The molecule has 0 aliphatic heterocycles. The third-order valence-electron chi connectivity index (χ3n) is 2.65. The molecule has 20 heavy (non-hydrogen) atoms. The molecule has 0 aliphatic carbocycles. The third-order valence-corrected chi connectivity index (χ3v) is 2.65. The molecule has 0 aromatic carbocycles. The highest BCUT2D eigenvalue weighted by Gasteiger charge is 2.33. The van der Waals surface area contributed by atoms with Crippen molar-refractivity contribution in [3.8, 4) is 6.07 Å². The van der Waals surface area contributed by atoms with Crippen molar-refractivity contribution in [2.24, 2.45) is 0 Å². The lowest BCUT2D eigenvalue weighted by atomic mass is 10.2. The van der Waals surface area contributed by atoms with Crippen molar-refractivity contribution in [2.45, 2.75) is 12.7 Å². The van der Waals surface area contributed by atoms with Gasteiger partial charge in [0, 0.05) is 19.2 Å². The first kappa shape index (κ1) is 13.9. The van der Waals surface area contributed by atoms with Gasteiger partial charge in [-0.1, -0.05) is 0 Å². The average molecular weight is 281 g/mol. The lowest BCUT2D eigenvalue weighted by molar-refractivity contribution is -0.141. The predicted molar refractivity (Wildman–Crippen MR) is 64.8 cm³/mol. The summed E-state index contributed by atoms with van der Waals surface area (Å²) in [4.78, 5) is 5.01. The van der Waals surface area contributed by atoms with Crippen LogP contribution in [-0.4, -0.2) is 12.0 Å². The Hall–Kier alpha value is -2.49. The first-order chi connectivity index (χ1) is 9.41. The van der Waals surface area contributed by atoms with Gasteiger partial charge in [0.05, 0.1) is 18.1 Å². The predicted octanol–water partition coefficient (Wildman–Crippen LogP) is 3.20. The molecular weight excluding hydrogens is 271 g/mol. The number of hydrogen-bond acceptors (Lipinski definition) is 4. The summed E-state index contributed by atoms with van der Waals surface area (Å²) in [7, 11) is 1.57. The summed E-state index contributed by atoms with van der Waals surface area (Å²) in [5, 5.41) is 8.97. The number of pyridine rings is 1. The van der Waals surface area contributed by atoms with Crippen molar-refractivity contribution in [2.75, 3.05) is 11.9 Å². The first-order valence-corrected chi connectivity index (χ1v) is 5.62. The summed E-state index contributed by atoms with van der Waals surface area (Å²) in [5.41, 5.74) is -0.162. The molecule has 0 bridgehead atoms. The number of aromatic nitrogens is 1. The zero-order valence-corrected chi connectivity index (χ0v) is 10.5. The monoisotopic (exact) mass is 281 g/mol. The normalized spacial score (nSPS) is 11.2. The van der Waals surface area contributed by atoms with Crippen molar-refractivity contribution in [3.63, 3.8) is 0 Å². The van der Waals surface area contributed by atoms with Crippen LogP contribution in [0.25, 0.3) is 0 Å². The highest BCUT2D eigenvalue weighted by molar-refractivity contribution is 5.54. The van der Waals surface area contributed by atoms with Crippen molar-refractivity contribution in [3.05, 3.63) is 47.5 Å². The van der Waals surface area contributed by atoms with Gasteiger partial charge in [-0.25, -0.2) is 4.98 Å². The Balaban J connectivity index is 2.35. The Bertz CT molecular complexity index is 629. The fraction of sp³-hybridized carbons (Fsp3) is 0.231. The number of nitriles is 1. The van der Waals surface area contributed by atoms with Crippen LogP contribution in [0.2, 0.25) is 0 Å². The molecule has 2 rings (SSSR count). The highest BCUT2D eigenvalue weighted by atomic mass is 19.4. The van der Waals surface area contributed by atoms with Gasteiger partial charge >= 0.3 is 6.18 Å². The van der Waals surface area contributed by atoms with E-state index in [1.54, 1.807) is 13.1 Å². The molecule has 0 saturated heterocycles. The molecule has 0 saturated carbocycles. The largest absolute Gasteiger partial charge is 0.472 e. The SMILES string of the molecule is CN(Cc1ccoc1)c1nc(C(F)(F)F)ccc1C#N. The van der Waals surface area contributed by atoms with E-state index in [1.165, 1.54) is 17.4 Å². The second-order valence-electron chi connectivity index (χ2n) is 4.16. The van der Waals surface area contributed by atoms with Gasteiger partial charge in [-0.05, 0) is 18.2 Å². The zero-order valence-electron chi connectivity index (χ0n) is 10.5. The van der Waals surface area contributed by atoms with E-state index in [-0.39, 0.29) is 11.4 Å². The third kappa shape index (κ3) is 2.91. The number of hydrogen-bond donors (Lipinski definition) is 0. The minimum absolute atomic E-state index is 0.0106. The minimum Gasteiger partial charge on any atom is -0.472 e. The molecule has 2 aromatic heterocycles. The Kier molecular flexibility index (Phi) is 3.66. The van der Waals surface area contributed by atoms with Gasteiger partial charge < -0.3 is 9.32 Å². The smallest absolute Gasteiger partial charge is 0.433 e. The van der Waals surface area contributed by atoms with E-state index in [2.05, 4.69) is 4.98 Å². The molecule has 0 amide bonds. The summed E-state index contributed by atoms with van der Waals surface area (Å²) < 4.78 is 42.9. The molecule has 7 heteroatoms. The van der Waals surface area contributed by atoms with Crippen LogP contribution in [0.5, 0.6) is 0 Å². The van der Waals surface area contributed by atoms with Crippen molar-refractivity contribution in [1.29, 1.82) is 5.26 Å². The van der Waals surface area contributed by atoms with Crippen LogP contribution >= 0.6 is 0 Å². The molecular formula is C13H10F3N3O. The van der Waals surface area contributed by atoms with E-state index >= 15 is 0 Å². The Morgan fingerprint density at radius 2 is 2.10 bits per heavy atom. The van der Waals surface area contributed by atoms with Gasteiger partial charge in [0.2, 0.25) is 0 Å². The number of anilines is 1. The van der Waals surface area contributed by atoms with Crippen molar-refractivity contribution >= 4 is 5.82 Å². The molecule has 0 aliphatic rings. The van der Waals surface area contributed by atoms with Gasteiger partial charge in [0.1, 0.15) is 17.6 Å². The van der Waals surface area contributed by atoms with Gasteiger partial charge in [-0.2, -0.15) is 18.4 Å². The van der Waals surface area contributed by atoms with Crippen LogP contribution < -0.4 is 4.90 Å². The fourth-order valence-corrected chi connectivity index (χ4v) is 1.72. The Morgan fingerprint density at radius 1 is 1.35 bits per heavy atom.